The predicted octanol–water partition coefficient (Wildman–Crippen LogP) is 7.91. The third-order valence-electron chi connectivity index (χ3n) is 8.59. The number of carboxylic acid groups (broad SMARTS) is 1. The van der Waals surface area contributed by atoms with Crippen LogP contribution in [0.5, 0.6) is 11.5 Å². The number of piperidine rings is 1. The smallest absolute Gasteiger partial charge is 0.390 e. The Morgan fingerprint density at radius 2 is 1.69 bits per heavy atom. The number of amides is 1. The molecule has 0 saturated carbocycles. The molecule has 1 unspecified atom stereocenters. The molecule has 0 aliphatic carbocycles. The summed E-state index contributed by atoms with van der Waals surface area (Å²) in [7, 11) is 3.20. The van der Waals surface area contributed by atoms with Crippen molar-refractivity contribution in [3.63, 3.8) is 0 Å². The Kier molecular flexibility index (Phi) is 12.0. The number of primary amides is 1. The fourth-order valence-electron chi connectivity index (χ4n) is 6.34. The monoisotopic (exact) mass is 668 g/mol. The maximum absolute atomic E-state index is 12.8. The second kappa shape index (κ2) is 16.0. The molecule has 0 radical (unpaired) electrons. The molecule has 0 aromatic heterocycles. The average molecular weight is 669 g/mol. The molecule has 1 atom stereocenters. The zero-order valence-corrected chi connectivity index (χ0v) is 27.2. The van der Waals surface area contributed by atoms with Crippen molar-refractivity contribution in [3.05, 3.63) is 94.8 Å². The van der Waals surface area contributed by atoms with Gasteiger partial charge < -0.3 is 25.2 Å². The maximum atomic E-state index is 12.8. The van der Waals surface area contributed by atoms with Gasteiger partial charge in [-0.1, -0.05) is 54.6 Å². The second-order valence-electron chi connectivity index (χ2n) is 11.8. The number of hydrogen-bond acceptors (Lipinski definition) is 5. The number of alkyl halides is 3. The lowest BCUT2D eigenvalue weighted by molar-refractivity contribution is -0.139. The molecule has 1 saturated heterocycles. The Morgan fingerprint density at radius 1 is 0.979 bits per heavy atom. The predicted molar refractivity (Wildman–Crippen MR) is 177 cm³/mol. The number of aryl methyl sites for hydroxylation is 2. The topological polar surface area (TPSA) is 102 Å². The molecule has 0 spiro atoms. The van der Waals surface area contributed by atoms with Crippen LogP contribution in [0.3, 0.4) is 0 Å². The van der Waals surface area contributed by atoms with E-state index in [2.05, 4.69) is 0 Å². The van der Waals surface area contributed by atoms with Crippen LogP contribution in [0.25, 0.3) is 21.9 Å². The van der Waals surface area contributed by atoms with Crippen molar-refractivity contribution in [1.82, 2.24) is 4.90 Å². The minimum atomic E-state index is -4.17. The maximum Gasteiger partial charge on any atom is 0.390 e. The van der Waals surface area contributed by atoms with Gasteiger partial charge in [-0.15, -0.1) is 0 Å². The van der Waals surface area contributed by atoms with E-state index in [4.69, 9.17) is 15.2 Å². The fraction of sp³-hybridized carbons (Fsp3) is 0.351. The molecule has 1 amide bonds. The largest absolute Gasteiger partial charge is 0.496 e. The number of nitrogens with zero attached hydrogens (tertiary/aromatic N) is 1. The standard InChI is InChI=1S/C29H32F3NO4.C8H8FNO/c1-36-25-13-12-22(20-7-5-16-33(18-20)17-15-29(30,31)32)28(37-2)27(25)24-10-4-8-21-19(11-14-26(34)35)6-3-9-23(21)24;1-5-3-2-4-6(9)7(5)8(10)11/h3-4,6,8-10,12-13,20H,5,7,11,14-18H2,1-2H3,(H,34,35);2-4H,1H3,(H2,10,11). The van der Waals surface area contributed by atoms with Crippen molar-refractivity contribution in [3.8, 4) is 22.6 Å². The Hall–Kier alpha value is -4.64. The highest BCUT2D eigenvalue weighted by Crippen LogP contribution is 2.47. The van der Waals surface area contributed by atoms with Crippen molar-refractivity contribution in [2.24, 2.45) is 5.73 Å². The number of hydrogen-bond donors (Lipinski definition) is 2. The SMILES string of the molecule is COc1ccc(C2CCCN(CCC(F)(F)F)C2)c(OC)c1-c1cccc2c(CCC(=O)O)cccc12.Cc1cccc(F)c1C(N)=O. The lowest BCUT2D eigenvalue weighted by atomic mass is 9.86. The summed E-state index contributed by atoms with van der Waals surface area (Å²) in [6.07, 6.45) is -2.85. The number of ether oxygens (including phenoxy) is 2. The Morgan fingerprint density at radius 3 is 2.31 bits per heavy atom. The van der Waals surface area contributed by atoms with E-state index in [0.29, 0.717) is 36.6 Å². The molecule has 1 fully saturated rings. The number of carbonyl (C=O) groups excluding carboxylic acids is 1. The molecule has 4 aromatic carbocycles. The first-order chi connectivity index (χ1) is 22.8. The Bertz CT molecular complexity index is 1740. The number of aliphatic carboxylic acids is 1. The van der Waals surface area contributed by atoms with Crippen molar-refractivity contribution in [2.45, 2.75) is 51.1 Å². The van der Waals surface area contributed by atoms with Gasteiger partial charge in [0.2, 0.25) is 0 Å². The molecule has 1 aliphatic rings. The number of nitrogens with two attached hydrogens (primary N) is 1. The lowest BCUT2D eigenvalue weighted by Gasteiger charge is -2.34. The van der Waals surface area contributed by atoms with Gasteiger partial charge in [0, 0.05) is 25.4 Å². The van der Waals surface area contributed by atoms with Gasteiger partial charge in [0.25, 0.3) is 5.91 Å². The van der Waals surface area contributed by atoms with Crippen molar-refractivity contribution < 1.29 is 41.7 Å². The van der Waals surface area contributed by atoms with Gasteiger partial charge in [-0.25, -0.2) is 4.39 Å². The van der Waals surface area contributed by atoms with E-state index in [1.807, 2.05) is 53.4 Å². The van der Waals surface area contributed by atoms with Crippen LogP contribution in [0.15, 0.2) is 66.7 Å². The molecular weight excluding hydrogens is 628 g/mol. The third-order valence-corrected chi connectivity index (χ3v) is 8.59. The summed E-state index contributed by atoms with van der Waals surface area (Å²) >= 11 is 0. The molecule has 7 nitrogen and oxygen atoms in total. The highest BCUT2D eigenvalue weighted by Gasteiger charge is 2.31. The molecule has 11 heteroatoms. The van der Waals surface area contributed by atoms with Gasteiger partial charge in [-0.3, -0.25) is 9.59 Å². The van der Waals surface area contributed by atoms with Crippen LogP contribution in [0.1, 0.15) is 58.6 Å². The van der Waals surface area contributed by atoms with E-state index >= 15 is 0 Å². The van der Waals surface area contributed by atoms with E-state index < -0.39 is 30.3 Å². The number of carboxylic acids is 1. The number of methoxy groups -OCH3 is 2. The van der Waals surface area contributed by atoms with E-state index in [0.717, 1.165) is 45.9 Å². The first-order valence-corrected chi connectivity index (χ1v) is 15.7. The summed E-state index contributed by atoms with van der Waals surface area (Å²) in [4.78, 5) is 23.7. The molecule has 1 aliphatic heterocycles. The number of halogens is 4. The first-order valence-electron chi connectivity index (χ1n) is 15.7. The normalized spacial score (nSPS) is 15.0. The van der Waals surface area contributed by atoms with Crippen LogP contribution < -0.4 is 15.2 Å². The number of fused-ring (bicyclic) bond motifs is 1. The van der Waals surface area contributed by atoms with E-state index in [-0.39, 0.29) is 24.4 Å². The van der Waals surface area contributed by atoms with E-state index in [1.54, 1.807) is 27.2 Å². The third kappa shape index (κ3) is 8.83. The summed E-state index contributed by atoms with van der Waals surface area (Å²) in [5, 5.41) is 11.1. The zero-order chi connectivity index (χ0) is 35.0. The minimum absolute atomic E-state index is 0.00618. The summed E-state index contributed by atoms with van der Waals surface area (Å²) in [6, 6.07) is 20.0. The highest BCUT2D eigenvalue weighted by atomic mass is 19.4. The fourth-order valence-corrected chi connectivity index (χ4v) is 6.34. The Balaban J connectivity index is 0.000000401. The number of benzene rings is 4. The molecule has 256 valence electrons. The summed E-state index contributed by atoms with van der Waals surface area (Å²) in [5.74, 6) is -0.805. The second-order valence-corrected chi connectivity index (χ2v) is 11.8. The van der Waals surface area contributed by atoms with Crippen LogP contribution in [0.4, 0.5) is 17.6 Å². The van der Waals surface area contributed by atoms with Gasteiger partial charge in [0.15, 0.2) is 0 Å². The van der Waals surface area contributed by atoms with Gasteiger partial charge in [0.05, 0.1) is 31.8 Å². The number of likely N-dealkylation sites (tertiary alicyclic amines) is 1. The van der Waals surface area contributed by atoms with Crippen LogP contribution in [-0.4, -0.2) is 61.9 Å². The van der Waals surface area contributed by atoms with E-state index in [9.17, 15) is 32.3 Å². The molecular formula is C37H40F4N2O5. The molecule has 5 rings (SSSR count). The molecule has 4 aromatic rings. The molecule has 3 N–H and O–H groups in total. The summed E-state index contributed by atoms with van der Waals surface area (Å²) in [6.45, 7) is 2.82. The lowest BCUT2D eigenvalue weighted by Crippen LogP contribution is -2.36. The van der Waals surface area contributed by atoms with Crippen molar-refractivity contribution in [2.75, 3.05) is 33.9 Å². The van der Waals surface area contributed by atoms with Gasteiger partial charge in [0.1, 0.15) is 17.3 Å². The van der Waals surface area contributed by atoms with Crippen LogP contribution >= 0.6 is 0 Å². The van der Waals surface area contributed by atoms with Crippen LogP contribution in [-0.2, 0) is 11.2 Å². The van der Waals surface area contributed by atoms with Gasteiger partial charge in [-0.2, -0.15) is 13.2 Å². The van der Waals surface area contributed by atoms with Crippen LogP contribution in [0, 0.1) is 12.7 Å². The number of carbonyl (C=O) groups is 2. The van der Waals surface area contributed by atoms with E-state index in [1.165, 1.54) is 12.1 Å². The average Bonchev–Trinajstić information content (AvgIpc) is 3.05. The van der Waals surface area contributed by atoms with Crippen LogP contribution in [0.2, 0.25) is 0 Å². The summed E-state index contributed by atoms with van der Waals surface area (Å²) < 4.78 is 63.0. The highest BCUT2D eigenvalue weighted by molar-refractivity contribution is 6.01. The van der Waals surface area contributed by atoms with Gasteiger partial charge in [-0.05, 0) is 77.9 Å². The quantitative estimate of drug-likeness (QED) is 0.167. The summed E-state index contributed by atoms with van der Waals surface area (Å²) in [5.41, 5.74) is 9.07. The van der Waals surface area contributed by atoms with Gasteiger partial charge >= 0.3 is 12.1 Å². The minimum Gasteiger partial charge on any atom is -0.496 e. The molecule has 48 heavy (non-hydrogen) atoms. The molecule has 1 heterocycles. The zero-order valence-electron chi connectivity index (χ0n) is 27.2. The molecule has 0 bridgehead atoms. The van der Waals surface area contributed by atoms with Crippen molar-refractivity contribution >= 4 is 22.6 Å². The Labute approximate surface area is 277 Å². The number of rotatable bonds is 10. The van der Waals surface area contributed by atoms with Crippen molar-refractivity contribution in [1.29, 1.82) is 0 Å². The first kappa shape index (κ1) is 36.2.